The summed E-state index contributed by atoms with van der Waals surface area (Å²) in [5.74, 6) is 0. The van der Waals surface area contributed by atoms with Crippen LogP contribution >= 0.6 is 0 Å². The van der Waals surface area contributed by atoms with Crippen LogP contribution in [0.15, 0.2) is 6.20 Å². The van der Waals surface area contributed by atoms with Crippen molar-refractivity contribution in [1.29, 1.82) is 0 Å². The van der Waals surface area contributed by atoms with Gasteiger partial charge in [0.05, 0.1) is 18.0 Å². The summed E-state index contributed by atoms with van der Waals surface area (Å²) in [5, 5.41) is 19.0. The first-order chi connectivity index (χ1) is 4.88. The fraction of sp³-hybridized carbons (Fsp3) is 0.500. The molecule has 0 radical (unpaired) electrons. The van der Waals surface area contributed by atoms with Crippen LogP contribution in [-0.2, 0) is 6.54 Å². The van der Waals surface area contributed by atoms with E-state index < -0.39 is 0 Å². The molecule has 0 saturated carbocycles. The first-order valence-electron chi connectivity index (χ1n) is 3.29. The summed E-state index contributed by atoms with van der Waals surface area (Å²) in [4.78, 5) is 0. The molecule has 0 saturated heterocycles. The Balaban J connectivity index is 2.41. The van der Waals surface area contributed by atoms with Crippen LogP contribution in [0.4, 0.5) is 0 Å². The molecular formula is C6H9N3O. The Labute approximate surface area is 58.3 Å². The Morgan fingerprint density at radius 1 is 1.70 bits per heavy atom. The SMILES string of the molecule is OC1CNCc2[nH]ncc21. The topological polar surface area (TPSA) is 60.9 Å². The van der Waals surface area contributed by atoms with E-state index in [-0.39, 0.29) is 6.10 Å². The lowest BCUT2D eigenvalue weighted by Crippen LogP contribution is -2.27. The highest BCUT2D eigenvalue weighted by atomic mass is 16.3. The molecule has 0 aliphatic carbocycles. The van der Waals surface area contributed by atoms with Crippen LogP contribution in [0.25, 0.3) is 0 Å². The van der Waals surface area contributed by atoms with Gasteiger partial charge in [-0.05, 0) is 0 Å². The summed E-state index contributed by atoms with van der Waals surface area (Å²) >= 11 is 0. The third-order valence-electron chi connectivity index (χ3n) is 1.75. The summed E-state index contributed by atoms with van der Waals surface area (Å²) in [6.45, 7) is 1.42. The van der Waals surface area contributed by atoms with Gasteiger partial charge in [0.1, 0.15) is 0 Å². The number of aromatic amines is 1. The molecule has 2 rings (SSSR count). The van der Waals surface area contributed by atoms with Gasteiger partial charge in [-0.25, -0.2) is 0 Å². The molecule has 2 heterocycles. The maximum Gasteiger partial charge on any atom is 0.0947 e. The fourth-order valence-corrected chi connectivity index (χ4v) is 1.19. The quantitative estimate of drug-likeness (QED) is 0.456. The molecule has 1 unspecified atom stereocenters. The molecule has 0 amide bonds. The van der Waals surface area contributed by atoms with Gasteiger partial charge in [-0.1, -0.05) is 0 Å². The van der Waals surface area contributed by atoms with Crippen molar-refractivity contribution in [1.82, 2.24) is 15.5 Å². The molecule has 3 N–H and O–H groups in total. The highest BCUT2D eigenvalue weighted by Crippen LogP contribution is 2.18. The number of nitrogens with zero attached hydrogens (tertiary/aromatic N) is 1. The molecule has 1 aromatic rings. The second-order valence-electron chi connectivity index (χ2n) is 2.45. The average Bonchev–Trinajstić information content (AvgIpc) is 2.36. The van der Waals surface area contributed by atoms with Gasteiger partial charge in [-0.15, -0.1) is 0 Å². The molecule has 0 spiro atoms. The highest BCUT2D eigenvalue weighted by Gasteiger charge is 2.18. The minimum absolute atomic E-state index is 0.387. The molecule has 0 aromatic carbocycles. The zero-order valence-electron chi connectivity index (χ0n) is 5.46. The number of rotatable bonds is 0. The number of H-pyrrole nitrogens is 1. The van der Waals surface area contributed by atoms with Crippen LogP contribution in [0.5, 0.6) is 0 Å². The lowest BCUT2D eigenvalue weighted by Gasteiger charge is -2.17. The largest absolute Gasteiger partial charge is 0.387 e. The number of aliphatic hydroxyl groups is 1. The van der Waals surface area contributed by atoms with E-state index in [0.29, 0.717) is 6.54 Å². The lowest BCUT2D eigenvalue weighted by atomic mass is 10.1. The third kappa shape index (κ3) is 0.732. The number of hydrogen-bond acceptors (Lipinski definition) is 3. The lowest BCUT2D eigenvalue weighted by molar-refractivity contribution is 0.165. The van der Waals surface area contributed by atoms with Crippen LogP contribution in [0.1, 0.15) is 17.4 Å². The molecule has 4 heteroatoms. The summed E-state index contributed by atoms with van der Waals surface area (Å²) < 4.78 is 0. The second-order valence-corrected chi connectivity index (χ2v) is 2.45. The number of β-amino-alcohol motifs (C(OH)–C–C–N with tert-alkyl or cyclic N) is 1. The average molecular weight is 139 g/mol. The number of aromatic nitrogens is 2. The van der Waals surface area contributed by atoms with E-state index in [2.05, 4.69) is 15.5 Å². The molecule has 1 atom stereocenters. The number of fused-ring (bicyclic) bond motifs is 1. The Hall–Kier alpha value is -0.870. The molecule has 4 nitrogen and oxygen atoms in total. The van der Waals surface area contributed by atoms with Gasteiger partial charge in [-0.3, -0.25) is 5.10 Å². The molecule has 0 fully saturated rings. The van der Waals surface area contributed by atoms with Crippen LogP contribution in [-0.4, -0.2) is 21.8 Å². The molecular weight excluding hydrogens is 130 g/mol. The van der Waals surface area contributed by atoms with Crippen molar-refractivity contribution in [2.45, 2.75) is 12.6 Å². The smallest absolute Gasteiger partial charge is 0.0947 e. The fourth-order valence-electron chi connectivity index (χ4n) is 1.19. The molecule has 10 heavy (non-hydrogen) atoms. The predicted octanol–water partition coefficient (Wildman–Crippen LogP) is -0.454. The predicted molar refractivity (Wildman–Crippen MR) is 35.3 cm³/mol. The Morgan fingerprint density at radius 3 is 3.40 bits per heavy atom. The molecule has 0 bridgehead atoms. The third-order valence-corrected chi connectivity index (χ3v) is 1.75. The van der Waals surface area contributed by atoms with E-state index in [0.717, 1.165) is 17.8 Å². The van der Waals surface area contributed by atoms with Gasteiger partial charge >= 0.3 is 0 Å². The highest BCUT2D eigenvalue weighted by molar-refractivity contribution is 5.21. The van der Waals surface area contributed by atoms with Crippen LogP contribution in [0.3, 0.4) is 0 Å². The maximum atomic E-state index is 9.33. The minimum atomic E-state index is -0.387. The van der Waals surface area contributed by atoms with Crippen molar-refractivity contribution >= 4 is 0 Å². The first kappa shape index (κ1) is 5.88. The van der Waals surface area contributed by atoms with Gasteiger partial charge in [-0.2, -0.15) is 5.10 Å². The van der Waals surface area contributed by atoms with Crippen LogP contribution < -0.4 is 5.32 Å². The zero-order chi connectivity index (χ0) is 6.97. The summed E-state index contributed by atoms with van der Waals surface area (Å²) in [6.07, 6.45) is 1.29. The van der Waals surface area contributed by atoms with E-state index in [9.17, 15) is 5.11 Å². The van der Waals surface area contributed by atoms with Crippen LogP contribution in [0, 0.1) is 0 Å². The van der Waals surface area contributed by atoms with Gasteiger partial charge in [0.15, 0.2) is 0 Å². The minimum Gasteiger partial charge on any atom is -0.387 e. The van der Waals surface area contributed by atoms with Gasteiger partial charge in [0, 0.05) is 18.7 Å². The van der Waals surface area contributed by atoms with E-state index in [1.54, 1.807) is 6.20 Å². The molecule has 1 aromatic heterocycles. The second kappa shape index (κ2) is 2.07. The molecule has 1 aliphatic rings. The summed E-state index contributed by atoms with van der Waals surface area (Å²) in [7, 11) is 0. The molecule has 54 valence electrons. The van der Waals surface area contributed by atoms with Crippen molar-refractivity contribution in [3.8, 4) is 0 Å². The van der Waals surface area contributed by atoms with Gasteiger partial charge in [0.2, 0.25) is 0 Å². The monoisotopic (exact) mass is 139 g/mol. The summed E-state index contributed by atoms with van der Waals surface area (Å²) in [5.41, 5.74) is 1.93. The summed E-state index contributed by atoms with van der Waals surface area (Å²) in [6, 6.07) is 0. The van der Waals surface area contributed by atoms with Crippen molar-refractivity contribution in [2.24, 2.45) is 0 Å². The van der Waals surface area contributed by atoms with E-state index >= 15 is 0 Å². The molecule has 1 aliphatic heterocycles. The number of nitrogens with one attached hydrogen (secondary N) is 2. The van der Waals surface area contributed by atoms with Crippen molar-refractivity contribution < 1.29 is 5.11 Å². The normalized spacial score (nSPS) is 24.3. The Kier molecular flexibility index (Phi) is 1.22. The maximum absolute atomic E-state index is 9.33. The number of aliphatic hydroxyl groups excluding tert-OH is 1. The Morgan fingerprint density at radius 2 is 2.60 bits per heavy atom. The van der Waals surface area contributed by atoms with Crippen LogP contribution in [0.2, 0.25) is 0 Å². The van der Waals surface area contributed by atoms with E-state index in [1.807, 2.05) is 0 Å². The van der Waals surface area contributed by atoms with E-state index in [1.165, 1.54) is 0 Å². The zero-order valence-corrected chi connectivity index (χ0v) is 5.46. The van der Waals surface area contributed by atoms with E-state index in [4.69, 9.17) is 0 Å². The van der Waals surface area contributed by atoms with Crippen molar-refractivity contribution in [2.75, 3.05) is 6.54 Å². The van der Waals surface area contributed by atoms with Crippen molar-refractivity contribution in [3.05, 3.63) is 17.5 Å². The standard InChI is InChI=1S/C6H9N3O/c10-6-3-7-2-5-4(6)1-8-9-5/h1,6-7,10H,2-3H2,(H,8,9). The van der Waals surface area contributed by atoms with Gasteiger partial charge in [0.25, 0.3) is 0 Å². The number of hydrogen-bond donors (Lipinski definition) is 3. The van der Waals surface area contributed by atoms with Crippen molar-refractivity contribution in [3.63, 3.8) is 0 Å². The Bertz CT molecular complexity index is 233. The first-order valence-corrected chi connectivity index (χ1v) is 3.29. The van der Waals surface area contributed by atoms with Gasteiger partial charge < -0.3 is 10.4 Å².